The minimum absolute atomic E-state index is 0.114. The van der Waals surface area contributed by atoms with E-state index in [0.717, 1.165) is 18.2 Å². The van der Waals surface area contributed by atoms with Gasteiger partial charge in [-0.25, -0.2) is 0 Å². The average Bonchev–Trinajstić information content (AvgIpc) is 2.50. The van der Waals surface area contributed by atoms with Crippen LogP contribution >= 0.6 is 15.9 Å². The number of halogens is 1. The Balaban J connectivity index is 2.29. The molecule has 0 saturated heterocycles. The van der Waals surface area contributed by atoms with Crippen LogP contribution in [0.5, 0.6) is 0 Å². The zero-order valence-corrected chi connectivity index (χ0v) is 14.0. The first-order valence-electron chi connectivity index (χ1n) is 6.07. The summed E-state index contributed by atoms with van der Waals surface area (Å²) in [6.45, 7) is 1.54. The third-order valence-corrected chi connectivity index (χ3v) is 4.46. The number of rotatable bonds is 4. The number of hydrogen-bond donors (Lipinski definition) is 0. The lowest BCUT2D eigenvalue weighted by Crippen LogP contribution is -2.10. The number of nitro groups is 1. The Morgan fingerprint density at radius 2 is 2.00 bits per heavy atom. The smallest absolute Gasteiger partial charge is 0.288 e. The summed E-state index contributed by atoms with van der Waals surface area (Å²) in [5, 5.41) is 14.1. The Kier molecular flexibility index (Phi) is 4.76. The maximum absolute atomic E-state index is 12.0. The molecule has 10 heteroatoms. The fourth-order valence-corrected chi connectivity index (χ4v) is 2.98. The van der Waals surface area contributed by atoms with Crippen molar-refractivity contribution in [2.45, 2.75) is 11.8 Å². The molecular weight excluding hydrogens is 392 g/mol. The van der Waals surface area contributed by atoms with Crippen LogP contribution in [0.2, 0.25) is 0 Å². The predicted octanol–water partition coefficient (Wildman–Crippen LogP) is 2.46. The molecule has 120 valence electrons. The van der Waals surface area contributed by atoms with Gasteiger partial charge in [-0.15, -0.1) is 0 Å². The van der Waals surface area contributed by atoms with Gasteiger partial charge in [-0.3, -0.25) is 19.2 Å². The van der Waals surface area contributed by atoms with Crippen LogP contribution in [0.15, 0.2) is 56.5 Å². The summed E-state index contributed by atoms with van der Waals surface area (Å²) < 4.78 is 28.8. The maximum atomic E-state index is 12.0. The van der Waals surface area contributed by atoms with Gasteiger partial charge in [-0.2, -0.15) is 8.42 Å². The number of oxime groups is 1. The standard InChI is InChI=1S/C13H9BrN2O6S/c1-8-5-9(6-12(14)13(8)17)15-22-23(20,21)11-4-2-3-10(7-11)16(18)19/h2-7H,1H3/b15-9-. The summed E-state index contributed by atoms with van der Waals surface area (Å²) >= 11 is 3.04. The molecule has 0 spiro atoms. The van der Waals surface area contributed by atoms with E-state index in [1.165, 1.54) is 18.2 Å². The highest BCUT2D eigenvalue weighted by Gasteiger charge is 2.20. The highest BCUT2D eigenvalue weighted by Crippen LogP contribution is 2.21. The number of carbonyl (C=O) groups is 1. The summed E-state index contributed by atoms with van der Waals surface area (Å²) in [4.78, 5) is 21.1. The Hall–Kier alpha value is -2.33. The van der Waals surface area contributed by atoms with Crippen molar-refractivity contribution in [1.29, 1.82) is 0 Å². The van der Waals surface area contributed by atoms with Crippen LogP contribution in [-0.2, 0) is 19.2 Å². The second-order valence-corrected chi connectivity index (χ2v) is 6.83. The van der Waals surface area contributed by atoms with Crippen molar-refractivity contribution in [3.05, 3.63) is 56.6 Å². The first kappa shape index (κ1) is 17.0. The number of nitro benzene ring substituents is 1. The van der Waals surface area contributed by atoms with Gasteiger partial charge in [0.15, 0.2) is 5.78 Å². The van der Waals surface area contributed by atoms with Crippen LogP contribution in [0.1, 0.15) is 6.92 Å². The third-order valence-electron chi connectivity index (χ3n) is 2.77. The lowest BCUT2D eigenvalue weighted by atomic mass is 10.1. The molecule has 0 aromatic heterocycles. The van der Waals surface area contributed by atoms with Crippen molar-refractivity contribution in [2.24, 2.45) is 5.16 Å². The van der Waals surface area contributed by atoms with Crippen molar-refractivity contribution in [3.8, 4) is 0 Å². The molecule has 0 heterocycles. The molecule has 8 nitrogen and oxygen atoms in total. The number of non-ortho nitro benzene ring substituents is 1. The lowest BCUT2D eigenvalue weighted by Gasteiger charge is -2.07. The second-order valence-electron chi connectivity index (χ2n) is 4.45. The van der Waals surface area contributed by atoms with Crippen LogP contribution in [0.3, 0.4) is 0 Å². The van der Waals surface area contributed by atoms with Crippen LogP contribution in [-0.4, -0.2) is 24.8 Å². The van der Waals surface area contributed by atoms with Crippen molar-refractivity contribution >= 4 is 43.2 Å². The number of carbonyl (C=O) groups excluding carboxylic acids is 1. The maximum Gasteiger partial charge on any atom is 0.358 e. The molecule has 0 radical (unpaired) electrons. The molecule has 0 amide bonds. The Bertz CT molecular complexity index is 861. The largest absolute Gasteiger partial charge is 0.358 e. The average molecular weight is 401 g/mol. The van der Waals surface area contributed by atoms with E-state index < -0.39 is 19.9 Å². The fraction of sp³-hybridized carbons (Fsp3) is 0.0769. The number of Topliss-reactive ketones (excluding diaryl/α,β-unsaturated/α-hetero) is 1. The summed E-state index contributed by atoms with van der Waals surface area (Å²) in [5.41, 5.74) is 0.0847. The van der Waals surface area contributed by atoms with Crippen LogP contribution < -0.4 is 0 Å². The quantitative estimate of drug-likeness (QED) is 0.435. The van der Waals surface area contributed by atoms with Crippen LogP contribution in [0.25, 0.3) is 0 Å². The van der Waals surface area contributed by atoms with Crippen LogP contribution in [0.4, 0.5) is 5.69 Å². The monoisotopic (exact) mass is 400 g/mol. The zero-order valence-electron chi connectivity index (χ0n) is 11.6. The van der Waals surface area contributed by atoms with Crippen molar-refractivity contribution in [1.82, 2.24) is 0 Å². The number of hydrogen-bond acceptors (Lipinski definition) is 7. The van der Waals surface area contributed by atoms with E-state index in [1.807, 2.05) is 0 Å². The zero-order chi connectivity index (χ0) is 17.2. The van der Waals surface area contributed by atoms with Crippen LogP contribution in [0, 0.1) is 10.1 Å². The van der Waals surface area contributed by atoms with Gasteiger partial charge in [0, 0.05) is 12.1 Å². The summed E-state index contributed by atoms with van der Waals surface area (Å²) in [6, 6.07) is 4.40. The van der Waals surface area contributed by atoms with Gasteiger partial charge in [-0.1, -0.05) is 11.2 Å². The fourth-order valence-electron chi connectivity index (χ4n) is 1.65. The second kappa shape index (κ2) is 6.42. The van der Waals surface area contributed by atoms with Gasteiger partial charge in [0.2, 0.25) is 0 Å². The molecule has 1 aromatic carbocycles. The van der Waals surface area contributed by atoms with Crippen molar-refractivity contribution in [2.75, 3.05) is 0 Å². The van der Waals surface area contributed by atoms with E-state index in [-0.39, 0.29) is 21.7 Å². The molecule has 23 heavy (non-hydrogen) atoms. The molecule has 0 unspecified atom stereocenters. The van der Waals surface area contributed by atoms with Gasteiger partial charge in [0.05, 0.1) is 9.41 Å². The Morgan fingerprint density at radius 3 is 2.61 bits per heavy atom. The highest BCUT2D eigenvalue weighted by molar-refractivity contribution is 9.12. The van der Waals surface area contributed by atoms with E-state index in [2.05, 4.69) is 25.4 Å². The molecule has 0 fully saturated rings. The van der Waals surface area contributed by atoms with E-state index >= 15 is 0 Å². The number of allylic oxidation sites excluding steroid dienone is 4. The third kappa shape index (κ3) is 3.90. The molecule has 0 saturated carbocycles. The van der Waals surface area contributed by atoms with Gasteiger partial charge >= 0.3 is 10.1 Å². The molecule has 1 aliphatic carbocycles. The first-order chi connectivity index (χ1) is 10.7. The number of benzene rings is 1. The molecule has 0 bridgehead atoms. The highest BCUT2D eigenvalue weighted by atomic mass is 79.9. The molecule has 0 atom stereocenters. The predicted molar refractivity (Wildman–Crippen MR) is 84.6 cm³/mol. The van der Waals surface area contributed by atoms with Gasteiger partial charge in [-0.05, 0) is 46.6 Å². The minimum atomic E-state index is -4.31. The van der Waals surface area contributed by atoms with E-state index in [9.17, 15) is 23.3 Å². The minimum Gasteiger partial charge on any atom is -0.288 e. The normalized spacial score (nSPS) is 16.8. The van der Waals surface area contributed by atoms with E-state index in [0.29, 0.717) is 5.57 Å². The van der Waals surface area contributed by atoms with Gasteiger partial charge in [0.1, 0.15) is 10.6 Å². The number of nitrogens with zero attached hydrogens (tertiary/aromatic N) is 2. The molecule has 2 rings (SSSR count). The summed E-state index contributed by atoms with van der Waals surface area (Å²) in [7, 11) is -4.31. The molecule has 0 aliphatic heterocycles. The molecular formula is C13H9BrN2O6S. The number of ketones is 1. The summed E-state index contributed by atoms with van der Waals surface area (Å²) in [5.74, 6) is -0.245. The molecule has 1 aliphatic rings. The van der Waals surface area contributed by atoms with Crippen molar-refractivity contribution in [3.63, 3.8) is 0 Å². The summed E-state index contributed by atoms with van der Waals surface area (Å²) in [6.07, 6.45) is 2.66. The van der Waals surface area contributed by atoms with E-state index in [4.69, 9.17) is 0 Å². The SMILES string of the molecule is CC1=C/C(=N/OS(=O)(=O)c2cccc([N+](=O)[O-])c2)C=C(Br)C1=O. The lowest BCUT2D eigenvalue weighted by molar-refractivity contribution is -0.385. The van der Waals surface area contributed by atoms with E-state index in [1.54, 1.807) is 6.92 Å². The first-order valence-corrected chi connectivity index (χ1v) is 8.27. The Morgan fingerprint density at radius 1 is 1.30 bits per heavy atom. The van der Waals surface area contributed by atoms with Crippen molar-refractivity contribution < 1.29 is 22.4 Å². The molecule has 1 aromatic rings. The van der Waals surface area contributed by atoms with Gasteiger partial charge < -0.3 is 0 Å². The molecule has 0 N–H and O–H groups in total. The van der Waals surface area contributed by atoms with Gasteiger partial charge in [0.25, 0.3) is 5.69 Å². The topological polar surface area (TPSA) is 116 Å². The Labute approximate surface area is 139 Å².